The highest BCUT2D eigenvalue weighted by atomic mass is 32.2. The Bertz CT molecular complexity index is 583. The number of ether oxygens (including phenoxy) is 1. The standard InChI is InChI=1S/C14H25N3O3S/c1-14(2,10-17(3)4)9-16-21(18,19)13-8-11(15)6-7-12(13)20-5/h6-8,16H,9-10,15H2,1-5H3. The second-order valence-corrected chi connectivity index (χ2v) is 7.87. The minimum absolute atomic E-state index is 0.0608. The fourth-order valence-corrected chi connectivity index (χ4v) is 3.63. The van der Waals surface area contributed by atoms with Gasteiger partial charge in [-0.1, -0.05) is 13.8 Å². The molecule has 0 aliphatic heterocycles. The summed E-state index contributed by atoms with van der Waals surface area (Å²) in [6.45, 7) is 5.10. The Morgan fingerprint density at radius 2 is 1.95 bits per heavy atom. The number of anilines is 1. The average molecular weight is 315 g/mol. The quantitative estimate of drug-likeness (QED) is 0.737. The fourth-order valence-electron chi connectivity index (χ4n) is 2.18. The molecule has 0 bridgehead atoms. The van der Waals surface area contributed by atoms with Crippen molar-refractivity contribution in [3.8, 4) is 5.75 Å². The highest BCUT2D eigenvalue weighted by Gasteiger charge is 2.25. The highest BCUT2D eigenvalue weighted by molar-refractivity contribution is 7.89. The number of methoxy groups -OCH3 is 1. The van der Waals surface area contributed by atoms with Gasteiger partial charge in [0, 0.05) is 18.8 Å². The number of sulfonamides is 1. The summed E-state index contributed by atoms with van der Waals surface area (Å²) in [6, 6.07) is 4.56. The predicted molar refractivity (Wildman–Crippen MR) is 84.9 cm³/mol. The van der Waals surface area contributed by atoms with Gasteiger partial charge in [-0.2, -0.15) is 0 Å². The molecule has 0 spiro atoms. The molecule has 0 saturated heterocycles. The van der Waals surface area contributed by atoms with Crippen LogP contribution in [0.4, 0.5) is 5.69 Å². The van der Waals surface area contributed by atoms with E-state index in [1.54, 1.807) is 12.1 Å². The number of rotatable bonds is 7. The normalized spacial score (nSPS) is 12.7. The molecule has 21 heavy (non-hydrogen) atoms. The minimum atomic E-state index is -3.67. The SMILES string of the molecule is COc1ccc(N)cc1S(=O)(=O)NCC(C)(C)CN(C)C. The van der Waals surface area contributed by atoms with Gasteiger partial charge < -0.3 is 15.4 Å². The van der Waals surface area contributed by atoms with Gasteiger partial charge in [-0.3, -0.25) is 0 Å². The maximum atomic E-state index is 12.4. The predicted octanol–water partition coefficient (Wildman–Crippen LogP) is 1.14. The van der Waals surface area contributed by atoms with Gasteiger partial charge in [0.05, 0.1) is 7.11 Å². The molecular formula is C14H25N3O3S. The Balaban J connectivity index is 2.95. The number of benzene rings is 1. The van der Waals surface area contributed by atoms with Crippen molar-refractivity contribution in [1.29, 1.82) is 0 Å². The number of nitrogen functional groups attached to an aromatic ring is 1. The minimum Gasteiger partial charge on any atom is -0.495 e. The van der Waals surface area contributed by atoms with Gasteiger partial charge >= 0.3 is 0 Å². The van der Waals surface area contributed by atoms with Gasteiger partial charge in [-0.15, -0.1) is 0 Å². The first-order valence-corrected chi connectivity index (χ1v) is 8.14. The van der Waals surface area contributed by atoms with Crippen LogP contribution in [0.25, 0.3) is 0 Å². The van der Waals surface area contributed by atoms with Crippen molar-refractivity contribution >= 4 is 15.7 Å². The Morgan fingerprint density at radius 3 is 2.48 bits per heavy atom. The third kappa shape index (κ3) is 5.18. The first-order valence-electron chi connectivity index (χ1n) is 6.65. The largest absolute Gasteiger partial charge is 0.495 e. The monoisotopic (exact) mass is 315 g/mol. The van der Waals surface area contributed by atoms with Gasteiger partial charge in [-0.25, -0.2) is 13.1 Å². The molecule has 0 saturated carbocycles. The van der Waals surface area contributed by atoms with E-state index in [-0.39, 0.29) is 16.1 Å². The average Bonchev–Trinajstić information content (AvgIpc) is 2.35. The number of nitrogens with zero attached hydrogens (tertiary/aromatic N) is 1. The number of nitrogens with two attached hydrogens (primary N) is 1. The molecule has 0 radical (unpaired) electrons. The van der Waals surface area contributed by atoms with Crippen LogP contribution >= 0.6 is 0 Å². The molecule has 6 nitrogen and oxygen atoms in total. The van der Waals surface area contributed by atoms with Crippen LogP contribution in [-0.2, 0) is 10.0 Å². The lowest BCUT2D eigenvalue weighted by Crippen LogP contribution is -2.40. The van der Waals surface area contributed by atoms with Crippen molar-refractivity contribution in [2.45, 2.75) is 18.7 Å². The van der Waals surface area contributed by atoms with E-state index in [0.29, 0.717) is 12.2 Å². The molecule has 3 N–H and O–H groups in total. The van der Waals surface area contributed by atoms with Crippen LogP contribution in [0.5, 0.6) is 5.75 Å². The fraction of sp³-hybridized carbons (Fsp3) is 0.571. The zero-order valence-corrected chi connectivity index (χ0v) is 14.1. The molecule has 1 aromatic rings. The molecule has 7 heteroatoms. The molecule has 0 aliphatic carbocycles. The van der Waals surface area contributed by atoms with Gasteiger partial charge in [0.1, 0.15) is 10.6 Å². The van der Waals surface area contributed by atoms with E-state index in [1.807, 2.05) is 32.8 Å². The molecule has 120 valence electrons. The summed E-state index contributed by atoms with van der Waals surface area (Å²) >= 11 is 0. The van der Waals surface area contributed by atoms with Crippen LogP contribution in [0.3, 0.4) is 0 Å². The molecule has 1 rings (SSSR count). The first kappa shape index (κ1) is 17.7. The molecule has 1 aromatic carbocycles. The zero-order chi connectivity index (χ0) is 16.3. The summed E-state index contributed by atoms with van der Waals surface area (Å²) in [6.07, 6.45) is 0. The van der Waals surface area contributed by atoms with Crippen LogP contribution in [0.1, 0.15) is 13.8 Å². The highest BCUT2D eigenvalue weighted by Crippen LogP contribution is 2.26. The molecule has 0 fully saturated rings. The second-order valence-electron chi connectivity index (χ2n) is 6.14. The van der Waals surface area contributed by atoms with Crippen molar-refractivity contribution < 1.29 is 13.2 Å². The molecule has 0 amide bonds. The number of nitrogens with one attached hydrogen (secondary N) is 1. The van der Waals surface area contributed by atoms with E-state index in [0.717, 1.165) is 6.54 Å². The lowest BCUT2D eigenvalue weighted by Gasteiger charge is -2.28. The van der Waals surface area contributed by atoms with Gasteiger partial charge in [-0.05, 0) is 37.7 Å². The maximum Gasteiger partial charge on any atom is 0.244 e. The smallest absolute Gasteiger partial charge is 0.244 e. The molecule has 0 unspecified atom stereocenters. The van der Waals surface area contributed by atoms with Crippen LogP contribution in [-0.4, -0.2) is 47.6 Å². The van der Waals surface area contributed by atoms with Gasteiger partial charge in [0.25, 0.3) is 0 Å². The van der Waals surface area contributed by atoms with Crippen molar-refractivity contribution in [3.63, 3.8) is 0 Å². The van der Waals surface area contributed by atoms with Crippen molar-refractivity contribution in [3.05, 3.63) is 18.2 Å². The van der Waals surface area contributed by atoms with Crippen LogP contribution in [0.2, 0.25) is 0 Å². The Kier molecular flexibility index (Phi) is 5.61. The lowest BCUT2D eigenvalue weighted by molar-refractivity contribution is 0.242. The summed E-state index contributed by atoms with van der Waals surface area (Å²) in [4.78, 5) is 2.08. The van der Waals surface area contributed by atoms with E-state index in [1.165, 1.54) is 13.2 Å². The third-order valence-corrected chi connectivity index (χ3v) is 4.38. The second kappa shape index (κ2) is 6.64. The van der Waals surface area contributed by atoms with E-state index < -0.39 is 10.0 Å². The summed E-state index contributed by atoms with van der Waals surface area (Å²) in [7, 11) is 1.67. The maximum absolute atomic E-state index is 12.4. The van der Waals surface area contributed by atoms with Crippen LogP contribution in [0.15, 0.2) is 23.1 Å². The van der Waals surface area contributed by atoms with Crippen molar-refractivity contribution in [2.24, 2.45) is 5.41 Å². The first-order chi connectivity index (χ1) is 9.57. The van der Waals surface area contributed by atoms with Gasteiger partial charge in [0.2, 0.25) is 10.0 Å². The molecule has 0 heterocycles. The Hall–Kier alpha value is -1.31. The molecule has 0 aromatic heterocycles. The molecule has 0 atom stereocenters. The molecule has 0 aliphatic rings. The Labute approximate surface area is 127 Å². The van der Waals surface area contributed by atoms with Crippen LogP contribution in [0, 0.1) is 5.41 Å². The van der Waals surface area contributed by atoms with Crippen LogP contribution < -0.4 is 15.2 Å². The van der Waals surface area contributed by atoms with E-state index >= 15 is 0 Å². The zero-order valence-electron chi connectivity index (χ0n) is 13.3. The van der Waals surface area contributed by atoms with E-state index in [2.05, 4.69) is 4.72 Å². The summed E-state index contributed by atoms with van der Waals surface area (Å²) in [5.74, 6) is 0.280. The molecular weight excluding hydrogens is 290 g/mol. The topological polar surface area (TPSA) is 84.7 Å². The third-order valence-electron chi connectivity index (χ3n) is 2.96. The Morgan fingerprint density at radius 1 is 1.33 bits per heavy atom. The van der Waals surface area contributed by atoms with Gasteiger partial charge in [0.15, 0.2) is 0 Å². The number of hydrogen-bond donors (Lipinski definition) is 2. The van der Waals surface area contributed by atoms with Crippen molar-refractivity contribution in [2.75, 3.05) is 40.0 Å². The van der Waals surface area contributed by atoms with E-state index in [4.69, 9.17) is 10.5 Å². The van der Waals surface area contributed by atoms with E-state index in [9.17, 15) is 8.42 Å². The summed E-state index contributed by atoms with van der Waals surface area (Å²) in [5, 5.41) is 0. The lowest BCUT2D eigenvalue weighted by atomic mass is 9.93. The summed E-state index contributed by atoms with van der Waals surface area (Å²) in [5.41, 5.74) is 5.86. The van der Waals surface area contributed by atoms with Crippen molar-refractivity contribution in [1.82, 2.24) is 9.62 Å². The number of hydrogen-bond acceptors (Lipinski definition) is 5. The summed E-state index contributed by atoms with van der Waals surface area (Å²) < 4.78 is 32.6.